The van der Waals surface area contributed by atoms with E-state index in [-0.39, 0.29) is 11.8 Å². The number of benzene rings is 2. The van der Waals surface area contributed by atoms with Crippen molar-refractivity contribution in [3.8, 4) is 0 Å². The van der Waals surface area contributed by atoms with Crippen molar-refractivity contribution in [2.75, 3.05) is 25.1 Å². The molecular formula is C25H31N3O3S3. The molecule has 4 rings (SSSR count). The Balaban J connectivity index is 1.55. The Bertz CT molecular complexity index is 1360. The van der Waals surface area contributed by atoms with Crippen LogP contribution in [0.1, 0.15) is 29.5 Å². The molecule has 6 nitrogen and oxygen atoms in total. The topological polar surface area (TPSA) is 71.7 Å². The van der Waals surface area contributed by atoms with Crippen LogP contribution in [0.2, 0.25) is 0 Å². The number of aromatic nitrogens is 1. The number of thioether (sulfide) groups is 1. The van der Waals surface area contributed by atoms with E-state index < -0.39 is 10.0 Å². The highest BCUT2D eigenvalue weighted by Gasteiger charge is 2.32. The maximum absolute atomic E-state index is 13.1. The lowest BCUT2D eigenvalue weighted by atomic mass is 9.98. The number of fused-ring (bicyclic) bond motifs is 1. The van der Waals surface area contributed by atoms with Crippen molar-refractivity contribution in [2.45, 2.75) is 45.1 Å². The van der Waals surface area contributed by atoms with Gasteiger partial charge < -0.3 is 4.57 Å². The molecule has 1 saturated heterocycles. The minimum Gasteiger partial charge on any atom is -0.315 e. The van der Waals surface area contributed by atoms with Crippen LogP contribution in [0, 0.1) is 26.7 Å². The number of rotatable bonds is 6. The van der Waals surface area contributed by atoms with E-state index >= 15 is 0 Å². The molecule has 0 saturated carbocycles. The molecule has 1 amide bonds. The van der Waals surface area contributed by atoms with Gasteiger partial charge in [-0.05, 0) is 69.2 Å². The molecule has 0 atom stereocenters. The number of sulfonamides is 1. The Kier molecular flexibility index (Phi) is 7.66. The highest BCUT2D eigenvalue weighted by molar-refractivity contribution is 7.98. The Hall–Kier alpha value is -1.94. The second kappa shape index (κ2) is 10.4. The molecular weight excluding hydrogens is 486 g/mol. The third-order valence-corrected chi connectivity index (χ3v) is 10.0. The number of hydrogen-bond acceptors (Lipinski definition) is 5. The van der Waals surface area contributed by atoms with Crippen LogP contribution < -0.4 is 4.80 Å². The third kappa shape index (κ3) is 5.17. The predicted octanol–water partition coefficient (Wildman–Crippen LogP) is 4.52. The summed E-state index contributed by atoms with van der Waals surface area (Å²) in [6, 6.07) is 11.2. The Labute approximate surface area is 209 Å². The van der Waals surface area contributed by atoms with Crippen LogP contribution in [-0.2, 0) is 21.4 Å². The Morgan fingerprint density at radius 2 is 1.76 bits per heavy atom. The fourth-order valence-corrected chi connectivity index (χ4v) is 7.33. The summed E-state index contributed by atoms with van der Waals surface area (Å²) in [6.07, 6.45) is 3.05. The molecule has 34 heavy (non-hydrogen) atoms. The molecule has 0 unspecified atom stereocenters. The maximum Gasteiger partial charge on any atom is 0.251 e. The zero-order valence-electron chi connectivity index (χ0n) is 20.1. The largest absolute Gasteiger partial charge is 0.315 e. The third-order valence-electron chi connectivity index (χ3n) is 6.30. The van der Waals surface area contributed by atoms with Gasteiger partial charge in [0.1, 0.15) is 0 Å². The highest BCUT2D eigenvalue weighted by Crippen LogP contribution is 2.26. The second-order valence-electron chi connectivity index (χ2n) is 8.90. The van der Waals surface area contributed by atoms with E-state index in [0.717, 1.165) is 32.9 Å². The molecule has 2 heterocycles. The van der Waals surface area contributed by atoms with Crippen molar-refractivity contribution in [1.29, 1.82) is 0 Å². The van der Waals surface area contributed by atoms with Crippen molar-refractivity contribution in [3.63, 3.8) is 0 Å². The van der Waals surface area contributed by atoms with Crippen LogP contribution in [-0.4, -0.2) is 48.3 Å². The van der Waals surface area contributed by atoms with Crippen molar-refractivity contribution in [2.24, 2.45) is 10.9 Å². The highest BCUT2D eigenvalue weighted by atomic mass is 32.2. The molecule has 182 valence electrons. The summed E-state index contributed by atoms with van der Waals surface area (Å²) in [5, 5.41) is 0. The fraction of sp³-hybridized carbons (Fsp3) is 0.440. The van der Waals surface area contributed by atoms with E-state index in [2.05, 4.69) is 41.8 Å². The van der Waals surface area contributed by atoms with E-state index in [4.69, 9.17) is 0 Å². The van der Waals surface area contributed by atoms with Gasteiger partial charge in [0.25, 0.3) is 5.91 Å². The lowest BCUT2D eigenvalue weighted by Gasteiger charge is -2.29. The van der Waals surface area contributed by atoms with Crippen LogP contribution in [0.25, 0.3) is 10.2 Å². The van der Waals surface area contributed by atoms with Gasteiger partial charge in [-0.25, -0.2) is 8.42 Å². The molecule has 0 spiro atoms. The van der Waals surface area contributed by atoms with Gasteiger partial charge in [-0.2, -0.15) is 21.1 Å². The van der Waals surface area contributed by atoms with Crippen molar-refractivity contribution in [3.05, 3.63) is 57.9 Å². The number of carbonyl (C=O) groups is 1. The van der Waals surface area contributed by atoms with Gasteiger partial charge >= 0.3 is 0 Å². The maximum atomic E-state index is 13.1. The molecule has 9 heteroatoms. The lowest BCUT2D eigenvalue weighted by Crippen LogP contribution is -2.40. The molecule has 0 radical (unpaired) electrons. The van der Waals surface area contributed by atoms with E-state index in [1.54, 1.807) is 35.2 Å². The van der Waals surface area contributed by atoms with Gasteiger partial charge in [0, 0.05) is 31.3 Å². The van der Waals surface area contributed by atoms with Crippen LogP contribution in [0.5, 0.6) is 0 Å². The van der Waals surface area contributed by atoms with E-state index in [1.165, 1.54) is 15.4 Å². The molecule has 0 N–H and O–H groups in total. The SMILES string of the molecule is CSCCn1c(=NC(=O)C2CCN(S(=O)(=O)c3ccc(C)cc3)CC2)sc2c(C)cc(C)cc21. The Morgan fingerprint density at radius 3 is 2.41 bits per heavy atom. The van der Waals surface area contributed by atoms with Crippen LogP contribution in [0.15, 0.2) is 46.3 Å². The normalized spacial score (nSPS) is 16.4. The standard InChI is InChI=1S/C25H31N3O3S3/c1-17-5-7-21(8-6-17)34(30,31)27-11-9-20(10-12-27)24(29)26-25-28(13-14-32-4)22-16-18(2)15-19(3)23(22)33-25/h5-8,15-16,20H,9-14H2,1-4H3. The van der Waals surface area contributed by atoms with Crippen LogP contribution in [0.3, 0.4) is 0 Å². The van der Waals surface area contributed by atoms with Gasteiger partial charge in [0.05, 0.1) is 15.1 Å². The average Bonchev–Trinajstić information content (AvgIpc) is 3.15. The van der Waals surface area contributed by atoms with Crippen molar-refractivity contribution < 1.29 is 13.2 Å². The molecule has 3 aromatic rings. The number of amides is 1. The van der Waals surface area contributed by atoms with E-state index in [9.17, 15) is 13.2 Å². The van der Waals surface area contributed by atoms with Gasteiger partial charge in [-0.1, -0.05) is 35.1 Å². The summed E-state index contributed by atoms with van der Waals surface area (Å²) >= 11 is 3.33. The fourth-order valence-electron chi connectivity index (χ4n) is 4.38. The first-order valence-corrected chi connectivity index (χ1v) is 15.1. The molecule has 0 bridgehead atoms. The lowest BCUT2D eigenvalue weighted by molar-refractivity contribution is -0.122. The van der Waals surface area contributed by atoms with E-state index in [0.29, 0.717) is 30.8 Å². The number of carbonyl (C=O) groups excluding carboxylic acids is 1. The molecule has 0 aliphatic carbocycles. The van der Waals surface area contributed by atoms with Crippen LogP contribution in [0.4, 0.5) is 0 Å². The second-order valence-corrected chi connectivity index (χ2v) is 12.8. The van der Waals surface area contributed by atoms with Crippen LogP contribution >= 0.6 is 23.1 Å². The first-order valence-electron chi connectivity index (χ1n) is 11.5. The minimum absolute atomic E-state index is 0.147. The summed E-state index contributed by atoms with van der Waals surface area (Å²) in [4.78, 5) is 18.7. The molecule has 2 aromatic carbocycles. The summed E-state index contributed by atoms with van der Waals surface area (Å²) in [5.41, 5.74) is 4.54. The monoisotopic (exact) mass is 517 g/mol. The van der Waals surface area contributed by atoms with Gasteiger partial charge in [0.2, 0.25) is 10.0 Å². The minimum atomic E-state index is -3.54. The zero-order valence-corrected chi connectivity index (χ0v) is 22.5. The zero-order chi connectivity index (χ0) is 24.5. The van der Waals surface area contributed by atoms with Crippen molar-refractivity contribution in [1.82, 2.24) is 8.87 Å². The van der Waals surface area contributed by atoms with Gasteiger partial charge in [-0.15, -0.1) is 0 Å². The van der Waals surface area contributed by atoms with Crippen molar-refractivity contribution >= 4 is 49.2 Å². The average molecular weight is 518 g/mol. The molecule has 1 aromatic heterocycles. The van der Waals surface area contributed by atoms with Gasteiger partial charge in [-0.3, -0.25) is 4.79 Å². The molecule has 1 aliphatic rings. The summed E-state index contributed by atoms with van der Waals surface area (Å²) in [6.45, 7) is 7.58. The number of hydrogen-bond donors (Lipinski definition) is 0. The summed E-state index contributed by atoms with van der Waals surface area (Å²) in [7, 11) is -3.54. The summed E-state index contributed by atoms with van der Waals surface area (Å²) < 4.78 is 30.8. The van der Waals surface area contributed by atoms with Gasteiger partial charge in [0.15, 0.2) is 4.80 Å². The molecule has 1 fully saturated rings. The number of aryl methyl sites for hydroxylation is 4. The first-order chi connectivity index (χ1) is 16.2. The predicted molar refractivity (Wildman–Crippen MR) is 141 cm³/mol. The Morgan fingerprint density at radius 1 is 1.09 bits per heavy atom. The quantitative estimate of drug-likeness (QED) is 0.482. The molecule has 1 aliphatic heterocycles. The number of nitrogens with zero attached hydrogens (tertiary/aromatic N) is 3. The number of thiazole rings is 1. The summed E-state index contributed by atoms with van der Waals surface area (Å²) in [5.74, 6) is 0.535. The number of piperidine rings is 1. The smallest absolute Gasteiger partial charge is 0.251 e. The van der Waals surface area contributed by atoms with E-state index in [1.807, 2.05) is 19.1 Å². The first kappa shape index (κ1) is 25.2.